The second-order valence-electron chi connectivity index (χ2n) is 5.83. The Bertz CT molecular complexity index is 969. The minimum absolute atomic E-state index is 0.0426. The summed E-state index contributed by atoms with van der Waals surface area (Å²) in [6.07, 6.45) is -0.0426. The molecule has 0 bridgehead atoms. The van der Waals surface area contributed by atoms with Gasteiger partial charge in [-0.2, -0.15) is 4.98 Å². The third kappa shape index (κ3) is 3.16. The molecule has 0 saturated carbocycles. The summed E-state index contributed by atoms with van der Waals surface area (Å²) in [4.78, 5) is 28.8. The number of halogens is 1. The van der Waals surface area contributed by atoms with E-state index in [2.05, 4.69) is 20.7 Å². The molecule has 26 heavy (non-hydrogen) atoms. The fourth-order valence-electron chi connectivity index (χ4n) is 2.74. The van der Waals surface area contributed by atoms with E-state index in [4.69, 9.17) is 11.6 Å². The fraction of sp³-hybridized carbons (Fsp3) is 0.111. The van der Waals surface area contributed by atoms with E-state index in [1.165, 1.54) is 4.68 Å². The largest absolute Gasteiger partial charge is 0.326 e. The van der Waals surface area contributed by atoms with E-state index in [-0.39, 0.29) is 18.2 Å². The minimum atomic E-state index is -0.734. The van der Waals surface area contributed by atoms with Crippen LogP contribution in [0.15, 0.2) is 54.6 Å². The molecule has 4 rings (SSSR count). The molecule has 0 fully saturated rings. The predicted octanol–water partition coefficient (Wildman–Crippen LogP) is 3.12. The van der Waals surface area contributed by atoms with E-state index >= 15 is 0 Å². The number of rotatable bonds is 4. The van der Waals surface area contributed by atoms with E-state index in [9.17, 15) is 9.59 Å². The normalized spacial score (nSPS) is 15.4. The first-order valence-corrected chi connectivity index (χ1v) is 8.36. The van der Waals surface area contributed by atoms with Gasteiger partial charge in [-0.05, 0) is 24.3 Å². The number of nitrogens with zero attached hydrogens (tertiary/aromatic N) is 3. The van der Waals surface area contributed by atoms with Crippen LogP contribution in [0.25, 0.3) is 11.4 Å². The average molecular weight is 368 g/mol. The van der Waals surface area contributed by atoms with Crippen LogP contribution in [0.1, 0.15) is 12.5 Å². The van der Waals surface area contributed by atoms with E-state index in [1.54, 1.807) is 24.3 Å². The predicted molar refractivity (Wildman–Crippen MR) is 97.8 cm³/mol. The van der Waals surface area contributed by atoms with Crippen molar-refractivity contribution in [1.82, 2.24) is 14.8 Å². The van der Waals surface area contributed by atoms with Gasteiger partial charge in [0, 0.05) is 16.3 Å². The Morgan fingerprint density at radius 3 is 2.62 bits per heavy atom. The zero-order valence-electron chi connectivity index (χ0n) is 13.5. The Balaban J connectivity index is 1.51. The SMILES string of the molecule is O=C(C[C@H]1C(=O)Nc2nc(-c3ccccc3)nn21)Nc1ccc(Cl)cc1. The maximum Gasteiger partial charge on any atom is 0.252 e. The van der Waals surface area contributed by atoms with Gasteiger partial charge in [0.1, 0.15) is 6.04 Å². The van der Waals surface area contributed by atoms with E-state index in [1.807, 2.05) is 30.3 Å². The van der Waals surface area contributed by atoms with Crippen LogP contribution in [-0.2, 0) is 9.59 Å². The summed E-state index contributed by atoms with van der Waals surface area (Å²) in [7, 11) is 0. The highest BCUT2D eigenvalue weighted by atomic mass is 35.5. The van der Waals surface area contributed by atoms with Gasteiger partial charge in [0.15, 0.2) is 5.82 Å². The number of anilines is 2. The van der Waals surface area contributed by atoms with E-state index < -0.39 is 6.04 Å². The lowest BCUT2D eigenvalue weighted by atomic mass is 10.2. The van der Waals surface area contributed by atoms with Crippen molar-refractivity contribution in [2.75, 3.05) is 10.6 Å². The molecule has 0 saturated heterocycles. The lowest BCUT2D eigenvalue weighted by molar-refractivity contribution is -0.123. The molecule has 2 aromatic carbocycles. The van der Waals surface area contributed by atoms with Gasteiger partial charge >= 0.3 is 0 Å². The molecule has 1 aliphatic heterocycles. The second kappa shape index (κ2) is 6.61. The molecule has 130 valence electrons. The molecule has 1 aliphatic rings. The number of aromatic nitrogens is 3. The fourth-order valence-corrected chi connectivity index (χ4v) is 2.87. The summed E-state index contributed by atoms with van der Waals surface area (Å²) in [5.74, 6) is 0.254. The van der Waals surface area contributed by atoms with Crippen LogP contribution in [0.3, 0.4) is 0 Å². The molecule has 8 heteroatoms. The van der Waals surface area contributed by atoms with Crippen molar-refractivity contribution in [2.45, 2.75) is 12.5 Å². The first-order chi connectivity index (χ1) is 12.6. The second-order valence-corrected chi connectivity index (χ2v) is 6.27. The number of hydrogen-bond acceptors (Lipinski definition) is 4. The van der Waals surface area contributed by atoms with Crippen LogP contribution in [0, 0.1) is 0 Å². The van der Waals surface area contributed by atoms with Crippen molar-refractivity contribution in [3.8, 4) is 11.4 Å². The maximum atomic E-state index is 12.3. The van der Waals surface area contributed by atoms with Gasteiger partial charge in [0.05, 0.1) is 6.42 Å². The summed E-state index contributed by atoms with van der Waals surface area (Å²) < 4.78 is 1.46. The van der Waals surface area contributed by atoms with Crippen LogP contribution in [-0.4, -0.2) is 26.6 Å². The van der Waals surface area contributed by atoms with Gasteiger partial charge in [-0.3, -0.25) is 14.9 Å². The quantitative estimate of drug-likeness (QED) is 0.741. The monoisotopic (exact) mass is 367 g/mol. The van der Waals surface area contributed by atoms with Crippen molar-refractivity contribution in [3.05, 3.63) is 59.6 Å². The molecular weight excluding hydrogens is 354 g/mol. The maximum absolute atomic E-state index is 12.3. The molecule has 0 spiro atoms. The highest BCUT2D eigenvalue weighted by molar-refractivity contribution is 6.30. The van der Waals surface area contributed by atoms with Crippen molar-refractivity contribution in [2.24, 2.45) is 0 Å². The third-order valence-electron chi connectivity index (χ3n) is 4.00. The smallest absolute Gasteiger partial charge is 0.252 e. The third-order valence-corrected chi connectivity index (χ3v) is 4.25. The lowest BCUT2D eigenvalue weighted by Gasteiger charge is -2.10. The number of amides is 2. The van der Waals surface area contributed by atoms with Crippen LogP contribution >= 0.6 is 11.6 Å². The molecule has 2 heterocycles. The van der Waals surface area contributed by atoms with Crippen molar-refractivity contribution in [1.29, 1.82) is 0 Å². The zero-order chi connectivity index (χ0) is 18.1. The number of benzene rings is 2. The molecule has 1 aromatic heterocycles. The summed E-state index contributed by atoms with van der Waals surface area (Å²) in [5.41, 5.74) is 1.45. The molecule has 0 aliphatic carbocycles. The highest BCUT2D eigenvalue weighted by Gasteiger charge is 2.35. The summed E-state index contributed by atoms with van der Waals surface area (Å²) in [6.45, 7) is 0. The van der Waals surface area contributed by atoms with Gasteiger partial charge in [-0.25, -0.2) is 4.68 Å². The molecule has 2 N–H and O–H groups in total. The minimum Gasteiger partial charge on any atom is -0.326 e. The van der Waals surface area contributed by atoms with Crippen LogP contribution < -0.4 is 10.6 Å². The van der Waals surface area contributed by atoms with Crippen molar-refractivity contribution in [3.63, 3.8) is 0 Å². The molecule has 7 nitrogen and oxygen atoms in total. The molecule has 1 atom stereocenters. The summed E-state index contributed by atoms with van der Waals surface area (Å²) >= 11 is 5.83. The number of nitrogens with one attached hydrogen (secondary N) is 2. The Hall–Kier alpha value is -3.19. The standard InChI is InChI=1S/C18H14ClN5O2/c19-12-6-8-13(9-7-12)20-15(25)10-14-17(26)22-18-21-16(23-24(14)18)11-4-2-1-3-5-11/h1-9,14H,10H2,(H,20,25)(H,21,22,23,26)/t14-/m0/s1. The topological polar surface area (TPSA) is 88.9 Å². The molecule has 2 amide bonds. The molecular formula is C18H14ClN5O2. The number of carbonyl (C=O) groups is 2. The molecule has 0 radical (unpaired) electrons. The zero-order valence-corrected chi connectivity index (χ0v) is 14.3. The van der Waals surface area contributed by atoms with Crippen molar-refractivity contribution >= 4 is 35.1 Å². The molecule has 0 unspecified atom stereocenters. The van der Waals surface area contributed by atoms with Gasteiger partial charge in [0.2, 0.25) is 11.9 Å². The summed E-state index contributed by atoms with van der Waals surface area (Å²) in [5, 5.41) is 10.4. The van der Waals surface area contributed by atoms with Crippen LogP contribution in [0.4, 0.5) is 11.6 Å². The molecule has 3 aromatic rings. The average Bonchev–Trinajstić information content (AvgIpc) is 3.17. The van der Waals surface area contributed by atoms with E-state index in [0.717, 1.165) is 5.56 Å². The lowest BCUT2D eigenvalue weighted by Crippen LogP contribution is -2.23. The number of carbonyl (C=O) groups excluding carboxylic acids is 2. The van der Waals surface area contributed by atoms with Crippen LogP contribution in [0.5, 0.6) is 0 Å². The summed E-state index contributed by atoms with van der Waals surface area (Å²) in [6, 6.07) is 15.5. The first kappa shape index (κ1) is 16.3. The Morgan fingerprint density at radius 1 is 1.15 bits per heavy atom. The number of fused-ring (bicyclic) bond motifs is 1. The first-order valence-electron chi connectivity index (χ1n) is 7.98. The Labute approximate surface area is 154 Å². The Kier molecular flexibility index (Phi) is 4.14. The Morgan fingerprint density at radius 2 is 1.88 bits per heavy atom. The van der Waals surface area contributed by atoms with E-state index in [0.29, 0.717) is 22.5 Å². The van der Waals surface area contributed by atoms with Gasteiger partial charge in [0.25, 0.3) is 5.91 Å². The number of hydrogen-bond donors (Lipinski definition) is 2. The van der Waals surface area contributed by atoms with Gasteiger partial charge in [-0.15, -0.1) is 5.10 Å². The van der Waals surface area contributed by atoms with Gasteiger partial charge < -0.3 is 5.32 Å². The van der Waals surface area contributed by atoms with Gasteiger partial charge in [-0.1, -0.05) is 41.9 Å². The van der Waals surface area contributed by atoms with Crippen molar-refractivity contribution < 1.29 is 9.59 Å². The highest BCUT2D eigenvalue weighted by Crippen LogP contribution is 2.28. The van der Waals surface area contributed by atoms with Crippen LogP contribution in [0.2, 0.25) is 5.02 Å².